The van der Waals surface area contributed by atoms with Gasteiger partial charge in [0, 0.05) is 30.6 Å². The number of likely N-dealkylation sites (tertiary alicyclic amines) is 1. The Morgan fingerprint density at radius 3 is 2.58 bits per heavy atom. The van der Waals surface area contributed by atoms with Gasteiger partial charge in [0.2, 0.25) is 5.91 Å². The third-order valence-electron chi connectivity index (χ3n) is 5.34. The molecule has 1 aromatic carbocycles. The quantitative estimate of drug-likeness (QED) is 0.907. The average molecular weight is 351 g/mol. The van der Waals surface area contributed by atoms with Gasteiger partial charge in [0.1, 0.15) is 5.75 Å². The molecule has 5 nitrogen and oxygen atoms in total. The smallest absolute Gasteiger partial charge is 0.260 e. The minimum atomic E-state index is -0.107. The van der Waals surface area contributed by atoms with E-state index in [0.717, 1.165) is 25.7 Å². The zero-order valence-corrected chi connectivity index (χ0v) is 14.6. The molecule has 1 atom stereocenters. The van der Waals surface area contributed by atoms with E-state index in [-0.39, 0.29) is 29.8 Å². The Kier molecular flexibility index (Phi) is 4.99. The molecular formula is C18H23ClN2O3. The molecule has 1 aliphatic heterocycles. The average Bonchev–Trinajstić information content (AvgIpc) is 3.21. The summed E-state index contributed by atoms with van der Waals surface area (Å²) in [5, 5.41) is 3.39. The summed E-state index contributed by atoms with van der Waals surface area (Å²) in [6.07, 6.45) is 4.31. The molecule has 130 valence electrons. The predicted octanol–water partition coefficient (Wildman–Crippen LogP) is 2.48. The minimum Gasteiger partial charge on any atom is -0.484 e. The summed E-state index contributed by atoms with van der Waals surface area (Å²) in [6, 6.07) is 6.94. The molecule has 1 spiro atoms. The normalized spacial score (nSPS) is 21.9. The highest BCUT2D eigenvalue weighted by molar-refractivity contribution is 6.30. The molecule has 24 heavy (non-hydrogen) atoms. The highest BCUT2D eigenvalue weighted by Crippen LogP contribution is 2.49. The number of hydrogen-bond donors (Lipinski definition) is 1. The molecule has 1 saturated heterocycles. The number of hydrogen-bond acceptors (Lipinski definition) is 3. The summed E-state index contributed by atoms with van der Waals surface area (Å²) < 4.78 is 5.56. The van der Waals surface area contributed by atoms with Gasteiger partial charge in [0.15, 0.2) is 6.61 Å². The van der Waals surface area contributed by atoms with Crippen LogP contribution in [0, 0.1) is 11.3 Å². The SMILES string of the molecule is CNC(=O)C1CN(C(=O)COc2ccc(Cl)cc2)CC12CCCC2. The first kappa shape index (κ1) is 17.1. The van der Waals surface area contributed by atoms with Crippen molar-refractivity contribution in [3.8, 4) is 5.75 Å². The summed E-state index contributed by atoms with van der Waals surface area (Å²) >= 11 is 5.84. The molecule has 2 amide bonds. The van der Waals surface area contributed by atoms with Gasteiger partial charge in [-0.05, 0) is 37.1 Å². The van der Waals surface area contributed by atoms with Crippen LogP contribution in [-0.4, -0.2) is 43.5 Å². The fourth-order valence-corrected chi connectivity index (χ4v) is 4.17. The predicted molar refractivity (Wildman–Crippen MR) is 92.0 cm³/mol. The topological polar surface area (TPSA) is 58.6 Å². The number of amides is 2. The Morgan fingerprint density at radius 2 is 1.96 bits per heavy atom. The molecule has 1 aromatic rings. The van der Waals surface area contributed by atoms with Gasteiger partial charge >= 0.3 is 0 Å². The second-order valence-corrected chi connectivity index (χ2v) is 7.19. The van der Waals surface area contributed by atoms with Gasteiger partial charge < -0.3 is 15.0 Å². The highest BCUT2D eigenvalue weighted by atomic mass is 35.5. The van der Waals surface area contributed by atoms with Gasteiger partial charge in [0.25, 0.3) is 5.91 Å². The molecule has 1 heterocycles. The van der Waals surface area contributed by atoms with Crippen LogP contribution in [-0.2, 0) is 9.59 Å². The van der Waals surface area contributed by atoms with E-state index in [1.165, 1.54) is 0 Å². The van der Waals surface area contributed by atoms with Crippen LogP contribution in [0.3, 0.4) is 0 Å². The van der Waals surface area contributed by atoms with Gasteiger partial charge in [0.05, 0.1) is 5.92 Å². The lowest BCUT2D eigenvalue weighted by atomic mass is 9.76. The van der Waals surface area contributed by atoms with Crippen molar-refractivity contribution in [2.45, 2.75) is 25.7 Å². The molecule has 3 rings (SSSR count). The largest absolute Gasteiger partial charge is 0.484 e. The van der Waals surface area contributed by atoms with Crippen LogP contribution in [0.5, 0.6) is 5.75 Å². The Labute approximate surface area is 147 Å². The van der Waals surface area contributed by atoms with Crippen LogP contribution in [0.1, 0.15) is 25.7 Å². The Hall–Kier alpha value is -1.75. The van der Waals surface area contributed by atoms with Gasteiger partial charge in [-0.25, -0.2) is 0 Å². The second-order valence-electron chi connectivity index (χ2n) is 6.75. The molecule has 1 saturated carbocycles. The van der Waals surface area contributed by atoms with Crippen molar-refractivity contribution in [1.82, 2.24) is 10.2 Å². The Morgan fingerprint density at radius 1 is 1.29 bits per heavy atom. The summed E-state index contributed by atoms with van der Waals surface area (Å²) in [5.41, 5.74) is -0.0456. The summed E-state index contributed by atoms with van der Waals surface area (Å²) in [6.45, 7) is 1.13. The second kappa shape index (κ2) is 7.01. The van der Waals surface area contributed by atoms with E-state index in [2.05, 4.69) is 5.32 Å². The van der Waals surface area contributed by atoms with Crippen molar-refractivity contribution in [3.63, 3.8) is 0 Å². The molecule has 1 aliphatic carbocycles. The first-order valence-electron chi connectivity index (χ1n) is 8.42. The van der Waals surface area contributed by atoms with Gasteiger partial charge in [-0.1, -0.05) is 24.4 Å². The summed E-state index contributed by atoms with van der Waals surface area (Å²) in [4.78, 5) is 26.6. The van der Waals surface area contributed by atoms with E-state index < -0.39 is 0 Å². The fourth-order valence-electron chi connectivity index (χ4n) is 4.05. The molecule has 0 radical (unpaired) electrons. The van der Waals surface area contributed by atoms with E-state index in [4.69, 9.17) is 16.3 Å². The number of halogens is 1. The lowest BCUT2D eigenvalue weighted by Crippen LogP contribution is -2.38. The summed E-state index contributed by atoms with van der Waals surface area (Å²) in [7, 11) is 1.67. The zero-order chi connectivity index (χ0) is 17.2. The molecule has 0 aromatic heterocycles. The minimum absolute atomic E-state index is 0.0157. The lowest BCUT2D eigenvalue weighted by molar-refractivity contribution is -0.132. The van der Waals surface area contributed by atoms with Crippen molar-refractivity contribution < 1.29 is 14.3 Å². The van der Waals surface area contributed by atoms with E-state index in [9.17, 15) is 9.59 Å². The molecule has 0 bridgehead atoms. The monoisotopic (exact) mass is 350 g/mol. The maximum absolute atomic E-state index is 12.5. The van der Waals surface area contributed by atoms with Crippen LogP contribution >= 0.6 is 11.6 Å². The highest BCUT2D eigenvalue weighted by Gasteiger charge is 2.52. The number of benzene rings is 1. The molecular weight excluding hydrogens is 328 g/mol. The molecule has 6 heteroatoms. The number of rotatable bonds is 4. The number of carbonyl (C=O) groups excluding carboxylic acids is 2. The van der Waals surface area contributed by atoms with Gasteiger partial charge in [-0.15, -0.1) is 0 Å². The van der Waals surface area contributed by atoms with Gasteiger partial charge in [-0.3, -0.25) is 9.59 Å². The third kappa shape index (κ3) is 3.36. The first-order chi connectivity index (χ1) is 11.5. The van der Waals surface area contributed by atoms with E-state index in [0.29, 0.717) is 23.9 Å². The maximum Gasteiger partial charge on any atom is 0.260 e. The molecule has 1 unspecified atom stereocenters. The molecule has 2 fully saturated rings. The van der Waals surface area contributed by atoms with Crippen LogP contribution in [0.4, 0.5) is 0 Å². The van der Waals surface area contributed by atoms with Crippen molar-refractivity contribution in [2.75, 3.05) is 26.7 Å². The molecule has 2 aliphatic rings. The number of carbonyl (C=O) groups is 2. The maximum atomic E-state index is 12.5. The van der Waals surface area contributed by atoms with Crippen LogP contribution in [0.2, 0.25) is 5.02 Å². The van der Waals surface area contributed by atoms with Gasteiger partial charge in [-0.2, -0.15) is 0 Å². The van der Waals surface area contributed by atoms with Crippen molar-refractivity contribution in [3.05, 3.63) is 29.3 Å². The van der Waals surface area contributed by atoms with Crippen molar-refractivity contribution in [2.24, 2.45) is 11.3 Å². The zero-order valence-electron chi connectivity index (χ0n) is 13.9. The number of ether oxygens (including phenoxy) is 1. The third-order valence-corrected chi connectivity index (χ3v) is 5.59. The van der Waals surface area contributed by atoms with Crippen LogP contribution in [0.25, 0.3) is 0 Å². The van der Waals surface area contributed by atoms with E-state index in [1.54, 1.807) is 36.2 Å². The fraction of sp³-hybridized carbons (Fsp3) is 0.556. The number of nitrogens with one attached hydrogen (secondary N) is 1. The van der Waals surface area contributed by atoms with E-state index >= 15 is 0 Å². The first-order valence-corrected chi connectivity index (χ1v) is 8.80. The van der Waals surface area contributed by atoms with Crippen LogP contribution < -0.4 is 10.1 Å². The standard InChI is InChI=1S/C18H23ClN2O3/c1-20-17(23)15-10-21(12-18(15)8-2-3-9-18)16(22)11-24-14-6-4-13(19)5-7-14/h4-7,15H,2-3,8-12H2,1H3,(H,20,23). The summed E-state index contributed by atoms with van der Waals surface area (Å²) in [5.74, 6) is 0.489. The van der Waals surface area contributed by atoms with Crippen molar-refractivity contribution in [1.29, 1.82) is 0 Å². The molecule has 1 N–H and O–H groups in total. The Bertz CT molecular complexity index is 611. The van der Waals surface area contributed by atoms with E-state index in [1.807, 2.05) is 0 Å². The lowest BCUT2D eigenvalue weighted by Gasteiger charge is -2.28. The van der Waals surface area contributed by atoms with Crippen LogP contribution in [0.15, 0.2) is 24.3 Å². The number of nitrogens with zero attached hydrogens (tertiary/aromatic N) is 1. The Balaban J connectivity index is 1.63. The van der Waals surface area contributed by atoms with Crippen molar-refractivity contribution >= 4 is 23.4 Å².